The molecule has 0 saturated heterocycles. The van der Waals surface area contributed by atoms with Crippen molar-refractivity contribution >= 4 is 5.69 Å². The average Bonchev–Trinajstić information content (AvgIpc) is 2.18. The molecular weight excluding hydrogens is 180 g/mol. The standard InChI is InChI=1S/C9H14N4O/c1-7-4-3-5-9(8(7)6-14)11-13-12-10-2/h3-5,14H,6H2,1-2H3,(H,10,13)(H,11,12). The van der Waals surface area contributed by atoms with Crippen molar-refractivity contribution in [1.82, 2.24) is 11.0 Å². The van der Waals surface area contributed by atoms with Gasteiger partial charge in [0.15, 0.2) is 0 Å². The molecular formula is C9H14N4O. The summed E-state index contributed by atoms with van der Waals surface area (Å²) in [6.07, 6.45) is 0. The number of hydrogen-bond acceptors (Lipinski definition) is 4. The molecule has 0 aliphatic heterocycles. The molecule has 5 nitrogen and oxygen atoms in total. The highest BCUT2D eigenvalue weighted by Gasteiger charge is 2.02. The molecule has 14 heavy (non-hydrogen) atoms. The Bertz CT molecular complexity index is 325. The normalized spacial score (nSPS) is 10.8. The molecule has 76 valence electrons. The zero-order valence-electron chi connectivity index (χ0n) is 8.28. The van der Waals surface area contributed by atoms with Gasteiger partial charge in [-0.3, -0.25) is 0 Å². The first-order valence-corrected chi connectivity index (χ1v) is 4.31. The number of aryl methyl sites for hydroxylation is 1. The lowest BCUT2D eigenvalue weighted by atomic mass is 10.1. The van der Waals surface area contributed by atoms with Gasteiger partial charge in [-0.25, -0.2) is 11.0 Å². The summed E-state index contributed by atoms with van der Waals surface area (Å²) < 4.78 is 0. The molecule has 1 aromatic rings. The van der Waals surface area contributed by atoms with E-state index in [9.17, 15) is 0 Å². The Morgan fingerprint density at radius 1 is 1.43 bits per heavy atom. The fourth-order valence-electron chi connectivity index (χ4n) is 1.12. The molecule has 0 unspecified atom stereocenters. The second-order valence-electron chi connectivity index (χ2n) is 2.79. The Morgan fingerprint density at radius 2 is 2.21 bits per heavy atom. The second-order valence-corrected chi connectivity index (χ2v) is 2.79. The van der Waals surface area contributed by atoms with Gasteiger partial charge in [0.2, 0.25) is 0 Å². The molecule has 1 rings (SSSR count). The van der Waals surface area contributed by atoms with Gasteiger partial charge in [0, 0.05) is 12.6 Å². The van der Waals surface area contributed by atoms with Gasteiger partial charge >= 0.3 is 0 Å². The third-order valence-corrected chi connectivity index (χ3v) is 1.86. The predicted molar refractivity (Wildman–Crippen MR) is 53.8 cm³/mol. The smallest absolute Gasteiger partial charge is 0.0932 e. The van der Waals surface area contributed by atoms with E-state index >= 15 is 0 Å². The van der Waals surface area contributed by atoms with Crippen LogP contribution >= 0.6 is 0 Å². The Labute approximate surface area is 82.8 Å². The van der Waals surface area contributed by atoms with E-state index in [1.54, 1.807) is 13.1 Å². The van der Waals surface area contributed by atoms with Crippen LogP contribution in [0.25, 0.3) is 0 Å². The molecule has 1 aromatic carbocycles. The summed E-state index contributed by atoms with van der Waals surface area (Å²) in [6.45, 7) is 1.90. The lowest BCUT2D eigenvalue weighted by Crippen LogP contribution is -2.20. The van der Waals surface area contributed by atoms with Crippen LogP contribution in [0.1, 0.15) is 11.1 Å². The largest absolute Gasteiger partial charge is 0.392 e. The number of rotatable bonds is 4. The fourth-order valence-corrected chi connectivity index (χ4v) is 1.12. The summed E-state index contributed by atoms with van der Waals surface area (Å²) in [4.78, 5) is 0. The van der Waals surface area contributed by atoms with Crippen LogP contribution in [0.2, 0.25) is 0 Å². The van der Waals surface area contributed by atoms with E-state index in [0.717, 1.165) is 11.1 Å². The van der Waals surface area contributed by atoms with Crippen LogP contribution in [-0.4, -0.2) is 12.2 Å². The monoisotopic (exact) mass is 194 g/mol. The van der Waals surface area contributed by atoms with Gasteiger partial charge in [-0.05, 0) is 18.6 Å². The van der Waals surface area contributed by atoms with Crippen molar-refractivity contribution in [2.75, 3.05) is 7.05 Å². The van der Waals surface area contributed by atoms with E-state index in [-0.39, 0.29) is 6.61 Å². The Hall–Kier alpha value is -1.46. The lowest BCUT2D eigenvalue weighted by molar-refractivity contribution is 0.281. The summed E-state index contributed by atoms with van der Waals surface area (Å²) >= 11 is 0. The van der Waals surface area contributed by atoms with Crippen LogP contribution in [0, 0.1) is 6.92 Å². The van der Waals surface area contributed by atoms with Crippen LogP contribution in [-0.2, 0) is 6.61 Å². The topological polar surface area (TPSA) is 69.0 Å². The maximum Gasteiger partial charge on any atom is 0.0932 e. The van der Waals surface area contributed by atoms with Crippen LogP contribution in [0.15, 0.2) is 28.5 Å². The van der Waals surface area contributed by atoms with Crippen LogP contribution in [0.3, 0.4) is 0 Å². The van der Waals surface area contributed by atoms with Gasteiger partial charge in [-0.2, -0.15) is 0 Å². The highest BCUT2D eigenvalue weighted by atomic mass is 16.3. The molecule has 0 spiro atoms. The number of nitrogens with zero attached hydrogens (tertiary/aromatic N) is 2. The van der Waals surface area contributed by atoms with Crippen molar-refractivity contribution in [1.29, 1.82) is 0 Å². The molecule has 0 radical (unpaired) electrons. The number of hydrazine groups is 1. The molecule has 0 saturated carbocycles. The first-order valence-electron chi connectivity index (χ1n) is 4.31. The third kappa shape index (κ3) is 2.51. The maximum atomic E-state index is 9.12. The molecule has 3 N–H and O–H groups in total. The van der Waals surface area contributed by atoms with E-state index in [1.807, 2.05) is 19.1 Å². The molecule has 0 amide bonds. The summed E-state index contributed by atoms with van der Waals surface area (Å²) in [7, 11) is 1.70. The van der Waals surface area contributed by atoms with E-state index in [1.165, 1.54) is 0 Å². The van der Waals surface area contributed by atoms with Crippen LogP contribution < -0.4 is 11.0 Å². The highest BCUT2D eigenvalue weighted by Crippen LogP contribution is 2.22. The van der Waals surface area contributed by atoms with E-state index in [4.69, 9.17) is 5.11 Å². The minimum atomic E-state index is -0.0272. The molecule has 0 bridgehead atoms. The number of benzene rings is 1. The maximum absolute atomic E-state index is 9.12. The molecule has 5 heteroatoms. The number of aliphatic hydroxyl groups is 1. The van der Waals surface area contributed by atoms with Crippen molar-refractivity contribution < 1.29 is 5.11 Å². The van der Waals surface area contributed by atoms with E-state index in [2.05, 4.69) is 21.3 Å². The molecule has 0 aliphatic carbocycles. The number of nitrogens with one attached hydrogen (secondary N) is 2. The average molecular weight is 194 g/mol. The van der Waals surface area contributed by atoms with Gasteiger partial charge < -0.3 is 5.11 Å². The Balaban J connectivity index is 2.90. The van der Waals surface area contributed by atoms with E-state index < -0.39 is 0 Å². The third-order valence-electron chi connectivity index (χ3n) is 1.86. The molecule has 0 atom stereocenters. The van der Waals surface area contributed by atoms with Crippen LogP contribution in [0.5, 0.6) is 0 Å². The van der Waals surface area contributed by atoms with Gasteiger partial charge in [-0.1, -0.05) is 17.4 Å². The van der Waals surface area contributed by atoms with Crippen molar-refractivity contribution in [3.05, 3.63) is 29.3 Å². The summed E-state index contributed by atoms with van der Waals surface area (Å²) in [6, 6.07) is 5.61. The minimum absolute atomic E-state index is 0.0272. The first kappa shape index (κ1) is 10.6. The second kappa shape index (κ2) is 5.31. The zero-order chi connectivity index (χ0) is 10.4. The quantitative estimate of drug-likeness (QED) is 0.498. The van der Waals surface area contributed by atoms with Gasteiger partial charge in [0.05, 0.1) is 12.3 Å². The van der Waals surface area contributed by atoms with Crippen molar-refractivity contribution in [3.8, 4) is 0 Å². The van der Waals surface area contributed by atoms with Crippen molar-refractivity contribution in [2.45, 2.75) is 13.5 Å². The number of hydrogen-bond donors (Lipinski definition) is 3. The molecule has 0 aliphatic rings. The lowest BCUT2D eigenvalue weighted by Gasteiger charge is -2.04. The zero-order valence-corrected chi connectivity index (χ0v) is 8.28. The van der Waals surface area contributed by atoms with Crippen molar-refractivity contribution in [2.24, 2.45) is 10.3 Å². The van der Waals surface area contributed by atoms with Crippen LogP contribution in [0.4, 0.5) is 5.69 Å². The SMILES string of the molecule is CNNN=Nc1cccc(C)c1CO. The van der Waals surface area contributed by atoms with Gasteiger partial charge in [0.1, 0.15) is 0 Å². The highest BCUT2D eigenvalue weighted by molar-refractivity contribution is 5.48. The molecule has 0 heterocycles. The van der Waals surface area contributed by atoms with E-state index in [0.29, 0.717) is 5.69 Å². The first-order chi connectivity index (χ1) is 6.79. The van der Waals surface area contributed by atoms with Gasteiger partial charge in [-0.15, -0.1) is 5.11 Å². The summed E-state index contributed by atoms with van der Waals surface area (Å²) in [5.41, 5.74) is 7.60. The Kier molecular flexibility index (Phi) is 4.03. The predicted octanol–water partition coefficient (Wildman–Crippen LogP) is 1.21. The van der Waals surface area contributed by atoms with Gasteiger partial charge in [0.25, 0.3) is 0 Å². The summed E-state index contributed by atoms with van der Waals surface area (Å²) in [5.74, 6) is 0. The minimum Gasteiger partial charge on any atom is -0.392 e. The fraction of sp³-hybridized carbons (Fsp3) is 0.333. The Morgan fingerprint density at radius 3 is 2.86 bits per heavy atom. The molecule has 0 aromatic heterocycles. The molecule has 0 fully saturated rings. The summed E-state index contributed by atoms with van der Waals surface area (Å²) in [5, 5.41) is 16.7. The van der Waals surface area contributed by atoms with Crippen molar-refractivity contribution in [3.63, 3.8) is 0 Å². The number of aliphatic hydroxyl groups excluding tert-OH is 1.